The number of hydrogen-bond donors (Lipinski definition) is 1. The largest absolute Gasteiger partial charge is 0.508 e. The van der Waals surface area contributed by atoms with Crippen LogP contribution in [0.4, 0.5) is 0 Å². The minimum Gasteiger partial charge on any atom is -0.508 e. The molecule has 0 unspecified atom stereocenters. The van der Waals surface area contributed by atoms with Crippen LogP contribution in [0.1, 0.15) is 65.7 Å². The number of aromatic hydroxyl groups is 1. The molecular weight excluding hydrogens is 447 g/mol. The lowest BCUT2D eigenvalue weighted by atomic mass is 9.93. The Kier molecular flexibility index (Phi) is 7.47. The van der Waals surface area contributed by atoms with Gasteiger partial charge in [0.1, 0.15) is 11.5 Å². The van der Waals surface area contributed by atoms with Crippen LogP contribution < -0.4 is 4.74 Å². The van der Waals surface area contributed by atoms with Crippen molar-refractivity contribution in [2.24, 2.45) is 0 Å². The summed E-state index contributed by atoms with van der Waals surface area (Å²) in [6, 6.07) is 19.6. The summed E-state index contributed by atoms with van der Waals surface area (Å²) in [5, 5.41) is 10.1. The second-order valence-corrected chi connectivity index (χ2v) is 11.2. The van der Waals surface area contributed by atoms with Gasteiger partial charge in [-0.3, -0.25) is 9.09 Å². The number of hydrogen-bond acceptors (Lipinski definition) is 5. The van der Waals surface area contributed by atoms with E-state index in [1.807, 2.05) is 48.5 Å². The summed E-state index contributed by atoms with van der Waals surface area (Å²) in [6.45, 7) is 8.64. The first-order valence-electron chi connectivity index (χ1n) is 11.8. The van der Waals surface area contributed by atoms with Gasteiger partial charge in [0.15, 0.2) is 6.35 Å². The van der Waals surface area contributed by atoms with E-state index in [0.717, 1.165) is 34.2 Å². The third-order valence-electron chi connectivity index (χ3n) is 6.28. The maximum Gasteiger partial charge on any atom is 0.368 e. The summed E-state index contributed by atoms with van der Waals surface area (Å²) < 4.78 is 30.5. The lowest BCUT2D eigenvalue weighted by molar-refractivity contribution is 0.0725. The van der Waals surface area contributed by atoms with Gasteiger partial charge in [0, 0.05) is 6.42 Å². The summed E-state index contributed by atoms with van der Waals surface area (Å²) in [5.74, 6) is 1.25. The molecule has 0 aliphatic carbocycles. The Bertz CT molecular complexity index is 1170. The summed E-state index contributed by atoms with van der Waals surface area (Å²) in [5.41, 5.74) is 6.52. The van der Waals surface area contributed by atoms with E-state index in [-0.39, 0.29) is 18.4 Å². The Morgan fingerprint density at radius 2 is 1.76 bits per heavy atom. The quantitative estimate of drug-likeness (QED) is 0.356. The van der Waals surface area contributed by atoms with Gasteiger partial charge in [-0.15, -0.1) is 0 Å². The molecule has 3 aromatic carbocycles. The van der Waals surface area contributed by atoms with Gasteiger partial charge in [-0.2, -0.15) is 0 Å². The molecule has 5 nitrogen and oxygen atoms in total. The molecule has 1 fully saturated rings. The molecule has 1 heterocycles. The SMILES string of the molecule is Cc1cc(OC[P@]2(=O)OCC[C@@H](c3ccccc3)O2)cc(C)c1Cc1ccc(O)c(C(C)C)c1. The zero-order valence-electron chi connectivity index (χ0n) is 20.3. The highest BCUT2D eigenvalue weighted by molar-refractivity contribution is 7.53. The Balaban J connectivity index is 1.45. The van der Waals surface area contributed by atoms with Gasteiger partial charge < -0.3 is 14.4 Å². The molecule has 4 rings (SSSR count). The van der Waals surface area contributed by atoms with E-state index in [2.05, 4.69) is 33.8 Å². The molecule has 34 heavy (non-hydrogen) atoms. The van der Waals surface area contributed by atoms with E-state index in [9.17, 15) is 9.67 Å². The molecule has 0 saturated carbocycles. The fraction of sp³-hybridized carbons (Fsp3) is 0.357. The number of benzene rings is 3. The molecule has 3 aromatic rings. The van der Waals surface area contributed by atoms with Crippen LogP contribution in [0.2, 0.25) is 0 Å². The Labute approximate surface area is 202 Å². The second-order valence-electron chi connectivity index (χ2n) is 9.27. The molecule has 2 atom stereocenters. The Morgan fingerprint density at radius 1 is 1.06 bits per heavy atom. The highest BCUT2D eigenvalue weighted by Crippen LogP contribution is 2.56. The zero-order valence-corrected chi connectivity index (χ0v) is 21.2. The van der Waals surface area contributed by atoms with E-state index in [1.165, 1.54) is 5.56 Å². The lowest BCUT2D eigenvalue weighted by Gasteiger charge is -2.30. The molecular formula is C28H33O5P. The Hall–Kier alpha value is -2.59. The van der Waals surface area contributed by atoms with Crippen LogP contribution in [0.5, 0.6) is 11.5 Å². The average Bonchev–Trinajstić information content (AvgIpc) is 2.81. The van der Waals surface area contributed by atoms with E-state index < -0.39 is 7.60 Å². The third kappa shape index (κ3) is 5.72. The molecule has 1 saturated heterocycles. The maximum absolute atomic E-state index is 13.2. The molecule has 180 valence electrons. The van der Waals surface area contributed by atoms with Crippen molar-refractivity contribution >= 4 is 7.60 Å². The molecule has 1 N–H and O–H groups in total. The number of phenols is 1. The predicted octanol–water partition coefficient (Wildman–Crippen LogP) is 7.43. The highest BCUT2D eigenvalue weighted by Gasteiger charge is 2.35. The van der Waals surface area contributed by atoms with Crippen molar-refractivity contribution in [3.05, 3.63) is 94.0 Å². The first kappa shape index (κ1) is 24.5. The van der Waals surface area contributed by atoms with Gasteiger partial charge in [0.2, 0.25) is 0 Å². The summed E-state index contributed by atoms with van der Waals surface area (Å²) >= 11 is 0. The summed E-state index contributed by atoms with van der Waals surface area (Å²) in [4.78, 5) is 0. The fourth-order valence-electron chi connectivity index (χ4n) is 4.39. The highest BCUT2D eigenvalue weighted by atomic mass is 31.2. The smallest absolute Gasteiger partial charge is 0.368 e. The molecule has 0 amide bonds. The van der Waals surface area contributed by atoms with Crippen LogP contribution in [0.3, 0.4) is 0 Å². The summed E-state index contributed by atoms with van der Waals surface area (Å²) in [7, 11) is -3.36. The monoisotopic (exact) mass is 480 g/mol. The maximum atomic E-state index is 13.2. The van der Waals surface area contributed by atoms with E-state index in [4.69, 9.17) is 13.8 Å². The first-order chi connectivity index (χ1) is 16.2. The van der Waals surface area contributed by atoms with Crippen LogP contribution in [-0.4, -0.2) is 18.1 Å². The molecule has 0 aromatic heterocycles. The van der Waals surface area contributed by atoms with Crippen LogP contribution in [-0.2, 0) is 20.0 Å². The molecule has 0 spiro atoms. The molecule has 6 heteroatoms. The van der Waals surface area contributed by atoms with Gasteiger partial charge >= 0.3 is 7.60 Å². The van der Waals surface area contributed by atoms with E-state index in [0.29, 0.717) is 24.5 Å². The fourth-order valence-corrected chi connectivity index (χ4v) is 5.89. The minimum atomic E-state index is -3.36. The van der Waals surface area contributed by atoms with Gasteiger partial charge in [0.05, 0.1) is 12.7 Å². The van der Waals surface area contributed by atoms with Crippen molar-refractivity contribution in [1.29, 1.82) is 0 Å². The summed E-state index contributed by atoms with van der Waals surface area (Å²) in [6.07, 6.45) is 1.05. The van der Waals surface area contributed by atoms with Crippen LogP contribution in [0.15, 0.2) is 60.7 Å². The first-order valence-corrected chi connectivity index (χ1v) is 13.5. The zero-order chi connectivity index (χ0) is 24.3. The Morgan fingerprint density at radius 3 is 2.44 bits per heavy atom. The second kappa shape index (κ2) is 10.4. The number of phenolic OH excluding ortho intramolecular Hbond substituents is 1. The van der Waals surface area contributed by atoms with Crippen LogP contribution in [0.25, 0.3) is 0 Å². The molecule has 0 bridgehead atoms. The van der Waals surface area contributed by atoms with Crippen molar-refractivity contribution in [2.75, 3.05) is 13.0 Å². The van der Waals surface area contributed by atoms with Crippen LogP contribution >= 0.6 is 7.60 Å². The third-order valence-corrected chi connectivity index (χ3v) is 7.88. The lowest BCUT2D eigenvalue weighted by Crippen LogP contribution is -2.17. The number of rotatable bonds is 7. The van der Waals surface area contributed by atoms with Crippen molar-refractivity contribution in [3.8, 4) is 11.5 Å². The van der Waals surface area contributed by atoms with Gasteiger partial charge in [-0.05, 0) is 77.8 Å². The van der Waals surface area contributed by atoms with Gasteiger partial charge in [0.25, 0.3) is 0 Å². The normalized spacial score (nSPS) is 20.4. The van der Waals surface area contributed by atoms with Gasteiger partial charge in [-0.1, -0.05) is 56.3 Å². The predicted molar refractivity (Wildman–Crippen MR) is 135 cm³/mol. The van der Waals surface area contributed by atoms with E-state index in [1.54, 1.807) is 6.07 Å². The number of ether oxygens (including phenoxy) is 1. The van der Waals surface area contributed by atoms with Crippen molar-refractivity contribution in [1.82, 2.24) is 0 Å². The van der Waals surface area contributed by atoms with Crippen molar-refractivity contribution in [2.45, 2.75) is 52.6 Å². The van der Waals surface area contributed by atoms with E-state index >= 15 is 0 Å². The van der Waals surface area contributed by atoms with Crippen LogP contribution in [0, 0.1) is 13.8 Å². The van der Waals surface area contributed by atoms with Crippen molar-refractivity contribution in [3.63, 3.8) is 0 Å². The molecule has 0 radical (unpaired) electrons. The molecule has 1 aliphatic heterocycles. The minimum absolute atomic E-state index is 0.121. The van der Waals surface area contributed by atoms with Crippen molar-refractivity contribution < 1.29 is 23.5 Å². The number of aryl methyl sites for hydroxylation is 2. The average molecular weight is 481 g/mol. The molecule has 1 aliphatic rings. The van der Waals surface area contributed by atoms with Gasteiger partial charge in [-0.25, -0.2) is 0 Å². The topological polar surface area (TPSA) is 65.0 Å². The standard InChI is InChI=1S/C28H33O5P/c1-19(2)25-16-22(10-11-27(25)29)17-26-20(3)14-24(15-21(26)4)31-18-34(30)32-13-12-28(33-34)23-8-6-5-7-9-23/h5-11,14-16,19,28-29H,12-13,17-18H2,1-4H3/t28-,34-/m0/s1.